The minimum atomic E-state index is -1.46. The number of hydrogen-bond donors (Lipinski definition) is 0. The largest absolute Gasteiger partial charge is 0.544 e. The van der Waals surface area contributed by atoms with Gasteiger partial charge in [-0.05, 0) is 31.5 Å². The van der Waals surface area contributed by atoms with E-state index in [1.807, 2.05) is 19.2 Å². The number of rotatable bonds is 7. The standard InChI is InChI=1S/C19H30O4Si/c1-9-15(20)12(2)16(21)13-10-11-14(19(3,4)5)18(22-6)17(13)23-24(7)8/h10-12,24H,9H2,1-8H3. The highest BCUT2D eigenvalue weighted by Gasteiger charge is 2.30. The van der Waals surface area contributed by atoms with Crippen molar-refractivity contribution in [2.75, 3.05) is 7.11 Å². The molecule has 1 rings (SSSR count). The fourth-order valence-corrected chi connectivity index (χ4v) is 3.29. The fourth-order valence-electron chi connectivity index (χ4n) is 2.59. The Kier molecular flexibility index (Phi) is 6.78. The third kappa shape index (κ3) is 4.47. The van der Waals surface area contributed by atoms with E-state index in [4.69, 9.17) is 9.16 Å². The number of carbonyl (C=O) groups excluding carboxylic acids is 2. The Hall–Kier alpha value is -1.62. The van der Waals surface area contributed by atoms with Crippen LogP contribution in [0.1, 0.15) is 57.0 Å². The molecule has 0 amide bonds. The number of carbonyl (C=O) groups is 2. The summed E-state index contributed by atoms with van der Waals surface area (Å²) in [7, 11) is 0.128. The molecule has 0 aliphatic rings. The molecule has 0 heterocycles. The second kappa shape index (κ2) is 7.97. The molecular weight excluding hydrogens is 320 g/mol. The van der Waals surface area contributed by atoms with Gasteiger partial charge < -0.3 is 9.16 Å². The van der Waals surface area contributed by atoms with E-state index < -0.39 is 15.0 Å². The van der Waals surface area contributed by atoms with Crippen LogP contribution < -0.4 is 9.16 Å². The fraction of sp³-hybridized carbons (Fsp3) is 0.579. The zero-order chi connectivity index (χ0) is 18.7. The minimum Gasteiger partial charge on any atom is -0.544 e. The van der Waals surface area contributed by atoms with Crippen molar-refractivity contribution in [2.45, 2.75) is 59.5 Å². The average molecular weight is 351 g/mol. The van der Waals surface area contributed by atoms with Crippen molar-refractivity contribution in [3.8, 4) is 11.5 Å². The molecule has 1 atom stereocenters. The van der Waals surface area contributed by atoms with Crippen LogP contribution in [0.15, 0.2) is 12.1 Å². The molecule has 5 heteroatoms. The molecule has 0 saturated carbocycles. The maximum atomic E-state index is 12.8. The maximum Gasteiger partial charge on any atom is 0.229 e. The van der Waals surface area contributed by atoms with Crippen LogP contribution in [0.2, 0.25) is 13.1 Å². The Balaban J connectivity index is 3.55. The number of Topliss-reactive ketones (excluding diaryl/α,β-unsaturated/α-hetero) is 2. The molecule has 0 aliphatic carbocycles. The van der Waals surface area contributed by atoms with Crippen molar-refractivity contribution >= 4 is 20.6 Å². The number of ether oxygens (including phenoxy) is 1. The highest BCUT2D eigenvalue weighted by molar-refractivity contribution is 6.49. The minimum absolute atomic E-state index is 0.0633. The zero-order valence-corrected chi connectivity index (χ0v) is 17.3. The highest BCUT2D eigenvalue weighted by Crippen LogP contribution is 2.42. The monoisotopic (exact) mass is 350 g/mol. The van der Waals surface area contributed by atoms with E-state index in [9.17, 15) is 9.59 Å². The first kappa shape index (κ1) is 20.4. The SMILES string of the molecule is CCC(=O)C(C)C(=O)c1ccc(C(C)(C)C)c(OC)c1O[SiH](C)C. The lowest BCUT2D eigenvalue weighted by atomic mass is 9.84. The first-order valence-electron chi connectivity index (χ1n) is 8.49. The van der Waals surface area contributed by atoms with Crippen molar-refractivity contribution in [3.05, 3.63) is 23.3 Å². The number of ketones is 2. The smallest absolute Gasteiger partial charge is 0.229 e. The summed E-state index contributed by atoms with van der Waals surface area (Å²) in [5, 5.41) is 0. The van der Waals surface area contributed by atoms with Gasteiger partial charge in [0.05, 0.1) is 18.6 Å². The second-order valence-corrected chi connectivity index (χ2v) is 9.68. The molecule has 0 aromatic heterocycles. The van der Waals surface area contributed by atoms with E-state index in [-0.39, 0.29) is 17.0 Å². The van der Waals surface area contributed by atoms with Crippen LogP contribution in [0.5, 0.6) is 11.5 Å². The molecule has 134 valence electrons. The second-order valence-electron chi connectivity index (χ2n) is 7.35. The lowest BCUT2D eigenvalue weighted by Gasteiger charge is -2.26. The van der Waals surface area contributed by atoms with Crippen LogP contribution in [0.3, 0.4) is 0 Å². The van der Waals surface area contributed by atoms with Crippen LogP contribution in [0, 0.1) is 5.92 Å². The van der Waals surface area contributed by atoms with Crippen molar-refractivity contribution in [1.29, 1.82) is 0 Å². The van der Waals surface area contributed by atoms with E-state index in [0.29, 0.717) is 23.5 Å². The topological polar surface area (TPSA) is 52.6 Å². The Morgan fingerprint density at radius 3 is 2.17 bits per heavy atom. The maximum absolute atomic E-state index is 12.8. The summed E-state index contributed by atoms with van der Waals surface area (Å²) in [6.07, 6.45) is 0.346. The number of hydrogen-bond acceptors (Lipinski definition) is 4. The van der Waals surface area contributed by atoms with Crippen LogP contribution >= 0.6 is 0 Å². The van der Waals surface area contributed by atoms with Gasteiger partial charge in [0.1, 0.15) is 5.78 Å². The van der Waals surface area contributed by atoms with Crippen LogP contribution in [-0.4, -0.2) is 27.7 Å². The summed E-state index contributed by atoms with van der Waals surface area (Å²) in [5.41, 5.74) is 1.28. The first-order chi connectivity index (χ1) is 11.0. The molecule has 0 bridgehead atoms. The molecule has 1 unspecified atom stereocenters. The number of methoxy groups -OCH3 is 1. The third-order valence-corrected chi connectivity index (χ3v) is 4.68. The van der Waals surface area contributed by atoms with Crippen molar-refractivity contribution in [2.24, 2.45) is 5.92 Å². The van der Waals surface area contributed by atoms with Crippen LogP contribution in [0.25, 0.3) is 0 Å². The number of benzene rings is 1. The third-order valence-electron chi connectivity index (χ3n) is 3.97. The molecule has 0 radical (unpaired) electrons. The Labute approximate surface area is 147 Å². The predicted octanol–water partition coefficient (Wildman–Crippen LogP) is 4.15. The molecule has 0 saturated heterocycles. The van der Waals surface area contributed by atoms with Gasteiger partial charge in [-0.1, -0.05) is 33.8 Å². The van der Waals surface area contributed by atoms with Gasteiger partial charge in [0.2, 0.25) is 9.04 Å². The van der Waals surface area contributed by atoms with Gasteiger partial charge >= 0.3 is 0 Å². The zero-order valence-electron chi connectivity index (χ0n) is 16.1. The van der Waals surface area contributed by atoms with Gasteiger partial charge in [0.15, 0.2) is 17.3 Å². The van der Waals surface area contributed by atoms with Crippen molar-refractivity contribution in [3.63, 3.8) is 0 Å². The Morgan fingerprint density at radius 1 is 1.17 bits per heavy atom. The van der Waals surface area contributed by atoms with Crippen molar-refractivity contribution in [1.82, 2.24) is 0 Å². The average Bonchev–Trinajstić information content (AvgIpc) is 2.50. The summed E-state index contributed by atoms with van der Waals surface area (Å²) in [4.78, 5) is 24.8. The molecule has 0 fully saturated rings. The Morgan fingerprint density at radius 2 is 1.75 bits per heavy atom. The Bertz CT molecular complexity index is 615. The summed E-state index contributed by atoms with van der Waals surface area (Å²) in [6, 6.07) is 3.68. The van der Waals surface area contributed by atoms with E-state index in [2.05, 4.69) is 20.8 Å². The normalized spacial score (nSPS) is 12.9. The summed E-state index contributed by atoms with van der Waals surface area (Å²) in [6.45, 7) is 13.8. The van der Waals surface area contributed by atoms with Crippen molar-refractivity contribution < 1.29 is 18.8 Å². The molecule has 0 aliphatic heterocycles. The van der Waals surface area contributed by atoms with Crippen LogP contribution in [-0.2, 0) is 10.2 Å². The lowest BCUT2D eigenvalue weighted by Crippen LogP contribution is -2.24. The molecule has 0 spiro atoms. The van der Waals surface area contributed by atoms with E-state index >= 15 is 0 Å². The van der Waals surface area contributed by atoms with E-state index in [0.717, 1.165) is 5.56 Å². The first-order valence-corrected chi connectivity index (χ1v) is 11.3. The molecule has 24 heavy (non-hydrogen) atoms. The molecular formula is C19H30O4Si. The summed E-state index contributed by atoms with van der Waals surface area (Å²) in [5.74, 6) is 0.159. The van der Waals surface area contributed by atoms with Gasteiger partial charge in [0.25, 0.3) is 0 Å². The van der Waals surface area contributed by atoms with Gasteiger partial charge in [-0.2, -0.15) is 0 Å². The van der Waals surface area contributed by atoms with Gasteiger partial charge in [-0.3, -0.25) is 9.59 Å². The highest BCUT2D eigenvalue weighted by atomic mass is 28.3. The molecule has 1 aromatic carbocycles. The van der Waals surface area contributed by atoms with E-state index in [1.165, 1.54) is 0 Å². The summed E-state index contributed by atoms with van der Waals surface area (Å²) >= 11 is 0. The van der Waals surface area contributed by atoms with Gasteiger partial charge in [0, 0.05) is 12.0 Å². The van der Waals surface area contributed by atoms with E-state index in [1.54, 1.807) is 27.0 Å². The molecule has 0 N–H and O–H groups in total. The quantitative estimate of drug-likeness (QED) is 0.421. The van der Waals surface area contributed by atoms with Gasteiger partial charge in [-0.25, -0.2) is 0 Å². The van der Waals surface area contributed by atoms with Gasteiger partial charge in [-0.15, -0.1) is 0 Å². The lowest BCUT2D eigenvalue weighted by molar-refractivity contribution is -0.120. The van der Waals surface area contributed by atoms with Crippen LogP contribution in [0.4, 0.5) is 0 Å². The predicted molar refractivity (Wildman–Crippen MR) is 100.0 cm³/mol. The molecule has 1 aromatic rings. The molecule has 4 nitrogen and oxygen atoms in total. The summed E-state index contributed by atoms with van der Waals surface area (Å²) < 4.78 is 11.7.